The standard InChI is InChI=1S/C16H26N2/c1-16(2,3)18-12-14-8-6-7-13(14)11-15-9-4-5-10-17-15/h4-5,9-10,13-14,18H,6-8,11-12H2,1-3H3. The minimum Gasteiger partial charge on any atom is -0.312 e. The first kappa shape index (κ1) is 13.5. The number of nitrogens with zero attached hydrogens (tertiary/aromatic N) is 1. The Morgan fingerprint density at radius 1 is 1.22 bits per heavy atom. The van der Waals surface area contributed by atoms with Crippen molar-refractivity contribution in [2.75, 3.05) is 6.54 Å². The lowest BCUT2D eigenvalue weighted by Gasteiger charge is -2.26. The van der Waals surface area contributed by atoms with Gasteiger partial charge in [-0.2, -0.15) is 0 Å². The summed E-state index contributed by atoms with van der Waals surface area (Å²) in [6.07, 6.45) is 7.19. The molecule has 2 heteroatoms. The summed E-state index contributed by atoms with van der Waals surface area (Å²) in [5.74, 6) is 1.64. The fraction of sp³-hybridized carbons (Fsp3) is 0.688. The molecule has 1 aromatic heterocycles. The van der Waals surface area contributed by atoms with E-state index in [9.17, 15) is 0 Å². The van der Waals surface area contributed by atoms with Crippen LogP contribution < -0.4 is 5.32 Å². The molecule has 0 radical (unpaired) electrons. The highest BCUT2D eigenvalue weighted by molar-refractivity contribution is 5.05. The predicted octanol–water partition coefficient (Wildman–Crippen LogP) is 3.43. The molecule has 0 amide bonds. The monoisotopic (exact) mass is 246 g/mol. The van der Waals surface area contributed by atoms with Crippen molar-refractivity contribution in [1.29, 1.82) is 0 Å². The van der Waals surface area contributed by atoms with Crippen LogP contribution in [0, 0.1) is 11.8 Å². The SMILES string of the molecule is CC(C)(C)NCC1CCCC1Cc1ccccn1. The van der Waals surface area contributed by atoms with Gasteiger partial charge in [-0.25, -0.2) is 0 Å². The Morgan fingerprint density at radius 3 is 2.67 bits per heavy atom. The average molecular weight is 246 g/mol. The third-order valence-corrected chi connectivity index (χ3v) is 3.91. The molecule has 1 fully saturated rings. The molecular formula is C16H26N2. The van der Waals surface area contributed by atoms with Crippen LogP contribution in [0.2, 0.25) is 0 Å². The molecule has 1 aliphatic rings. The van der Waals surface area contributed by atoms with Crippen LogP contribution in [-0.4, -0.2) is 17.1 Å². The van der Waals surface area contributed by atoms with Crippen LogP contribution >= 0.6 is 0 Å². The lowest BCUT2D eigenvalue weighted by molar-refractivity contribution is 0.316. The van der Waals surface area contributed by atoms with Crippen LogP contribution in [-0.2, 0) is 6.42 Å². The van der Waals surface area contributed by atoms with Gasteiger partial charge in [-0.15, -0.1) is 0 Å². The third kappa shape index (κ3) is 4.09. The quantitative estimate of drug-likeness (QED) is 0.880. The minimum atomic E-state index is 0.234. The van der Waals surface area contributed by atoms with Crippen molar-refractivity contribution in [3.63, 3.8) is 0 Å². The van der Waals surface area contributed by atoms with Gasteiger partial charge < -0.3 is 5.32 Å². The largest absolute Gasteiger partial charge is 0.312 e. The molecule has 2 rings (SSSR count). The van der Waals surface area contributed by atoms with Gasteiger partial charge in [0.15, 0.2) is 0 Å². The summed E-state index contributed by atoms with van der Waals surface area (Å²) in [6.45, 7) is 7.89. The number of pyridine rings is 1. The van der Waals surface area contributed by atoms with Gasteiger partial charge in [0, 0.05) is 17.4 Å². The molecule has 1 saturated carbocycles. The van der Waals surface area contributed by atoms with E-state index in [4.69, 9.17) is 0 Å². The van der Waals surface area contributed by atoms with Crippen LogP contribution in [0.1, 0.15) is 45.7 Å². The molecule has 1 heterocycles. The van der Waals surface area contributed by atoms with Crippen molar-refractivity contribution in [3.8, 4) is 0 Å². The third-order valence-electron chi connectivity index (χ3n) is 3.91. The van der Waals surface area contributed by atoms with E-state index in [1.54, 1.807) is 0 Å². The molecule has 1 aromatic rings. The number of rotatable bonds is 4. The zero-order valence-electron chi connectivity index (χ0n) is 11.9. The van der Waals surface area contributed by atoms with Crippen LogP contribution in [0.4, 0.5) is 0 Å². The van der Waals surface area contributed by atoms with Gasteiger partial charge in [-0.3, -0.25) is 4.98 Å². The Morgan fingerprint density at radius 2 is 2.00 bits per heavy atom. The molecule has 0 saturated heterocycles. The molecular weight excluding hydrogens is 220 g/mol. The second-order valence-electron chi connectivity index (χ2n) is 6.61. The molecule has 2 unspecified atom stereocenters. The molecule has 1 aliphatic carbocycles. The molecule has 0 aromatic carbocycles. The van der Waals surface area contributed by atoms with E-state index >= 15 is 0 Å². The predicted molar refractivity (Wildman–Crippen MR) is 76.5 cm³/mol. The van der Waals surface area contributed by atoms with E-state index in [-0.39, 0.29) is 5.54 Å². The molecule has 2 nitrogen and oxygen atoms in total. The van der Waals surface area contributed by atoms with E-state index in [2.05, 4.69) is 43.2 Å². The van der Waals surface area contributed by atoms with Crippen molar-refractivity contribution in [2.45, 2.75) is 52.0 Å². The van der Waals surface area contributed by atoms with Gasteiger partial charge in [0.1, 0.15) is 0 Å². The van der Waals surface area contributed by atoms with E-state index in [1.165, 1.54) is 25.0 Å². The summed E-state index contributed by atoms with van der Waals surface area (Å²) < 4.78 is 0. The van der Waals surface area contributed by atoms with Crippen molar-refractivity contribution in [3.05, 3.63) is 30.1 Å². The van der Waals surface area contributed by atoms with Gasteiger partial charge in [0.2, 0.25) is 0 Å². The Labute approximate surface area is 111 Å². The molecule has 0 bridgehead atoms. The molecule has 100 valence electrons. The number of hydrogen-bond acceptors (Lipinski definition) is 2. The van der Waals surface area contributed by atoms with Gasteiger partial charge in [-0.1, -0.05) is 12.5 Å². The second-order valence-corrected chi connectivity index (χ2v) is 6.61. The molecule has 0 aliphatic heterocycles. The summed E-state index contributed by atoms with van der Waals surface area (Å²) >= 11 is 0. The van der Waals surface area contributed by atoms with Gasteiger partial charge in [-0.05, 0) is 70.5 Å². The van der Waals surface area contributed by atoms with E-state index in [0.717, 1.165) is 24.8 Å². The maximum absolute atomic E-state index is 4.47. The number of hydrogen-bond donors (Lipinski definition) is 1. The Hall–Kier alpha value is -0.890. The number of aromatic nitrogens is 1. The van der Waals surface area contributed by atoms with Crippen LogP contribution in [0.15, 0.2) is 24.4 Å². The van der Waals surface area contributed by atoms with E-state index in [1.807, 2.05) is 12.3 Å². The molecule has 0 spiro atoms. The van der Waals surface area contributed by atoms with Crippen molar-refractivity contribution in [2.24, 2.45) is 11.8 Å². The van der Waals surface area contributed by atoms with Crippen molar-refractivity contribution >= 4 is 0 Å². The smallest absolute Gasteiger partial charge is 0.0406 e. The van der Waals surface area contributed by atoms with E-state index < -0.39 is 0 Å². The maximum atomic E-state index is 4.47. The zero-order valence-corrected chi connectivity index (χ0v) is 11.9. The molecule has 18 heavy (non-hydrogen) atoms. The van der Waals surface area contributed by atoms with Crippen molar-refractivity contribution in [1.82, 2.24) is 10.3 Å². The van der Waals surface area contributed by atoms with Gasteiger partial charge in [0.05, 0.1) is 0 Å². The summed E-state index contributed by atoms with van der Waals surface area (Å²) in [7, 11) is 0. The van der Waals surface area contributed by atoms with Crippen LogP contribution in [0.25, 0.3) is 0 Å². The topological polar surface area (TPSA) is 24.9 Å². The summed E-state index contributed by atoms with van der Waals surface area (Å²) in [5.41, 5.74) is 1.49. The van der Waals surface area contributed by atoms with Gasteiger partial charge in [0.25, 0.3) is 0 Å². The Kier molecular flexibility index (Phi) is 4.39. The highest BCUT2D eigenvalue weighted by atomic mass is 14.9. The molecule has 1 N–H and O–H groups in total. The first-order valence-electron chi connectivity index (χ1n) is 7.19. The Bertz CT molecular complexity index is 353. The lowest BCUT2D eigenvalue weighted by atomic mass is 9.90. The maximum Gasteiger partial charge on any atom is 0.0406 e. The highest BCUT2D eigenvalue weighted by Crippen LogP contribution is 2.33. The fourth-order valence-corrected chi connectivity index (χ4v) is 2.88. The fourth-order valence-electron chi connectivity index (χ4n) is 2.88. The second kappa shape index (κ2) is 5.83. The molecule has 2 atom stereocenters. The van der Waals surface area contributed by atoms with Gasteiger partial charge >= 0.3 is 0 Å². The highest BCUT2D eigenvalue weighted by Gasteiger charge is 2.28. The normalized spacial score (nSPS) is 24.4. The summed E-state index contributed by atoms with van der Waals surface area (Å²) in [5, 5.41) is 3.66. The lowest BCUT2D eigenvalue weighted by Crippen LogP contribution is -2.40. The first-order valence-corrected chi connectivity index (χ1v) is 7.19. The number of nitrogens with one attached hydrogen (secondary N) is 1. The summed E-state index contributed by atoms with van der Waals surface area (Å²) in [4.78, 5) is 4.47. The first-order chi connectivity index (χ1) is 8.54. The summed E-state index contributed by atoms with van der Waals surface area (Å²) in [6, 6.07) is 6.25. The van der Waals surface area contributed by atoms with Crippen molar-refractivity contribution < 1.29 is 0 Å². The van der Waals surface area contributed by atoms with E-state index in [0.29, 0.717) is 0 Å². The van der Waals surface area contributed by atoms with Crippen LogP contribution in [0.5, 0.6) is 0 Å². The Balaban J connectivity index is 1.88. The van der Waals surface area contributed by atoms with Crippen LogP contribution in [0.3, 0.4) is 0 Å². The minimum absolute atomic E-state index is 0.234. The average Bonchev–Trinajstić information content (AvgIpc) is 2.74. The zero-order chi connectivity index (χ0) is 13.0.